The number of nitrogens with one attached hydrogen (secondary N) is 1. The molecule has 6 nitrogen and oxygen atoms in total. The zero-order valence-corrected chi connectivity index (χ0v) is 18.3. The molecule has 33 heavy (non-hydrogen) atoms. The van der Waals surface area contributed by atoms with Gasteiger partial charge in [0, 0.05) is 35.7 Å². The van der Waals surface area contributed by atoms with Crippen molar-refractivity contribution in [2.24, 2.45) is 0 Å². The van der Waals surface area contributed by atoms with E-state index in [9.17, 15) is 13.2 Å². The van der Waals surface area contributed by atoms with E-state index in [0.717, 1.165) is 47.9 Å². The first-order valence-electron chi connectivity index (χ1n) is 10.7. The van der Waals surface area contributed by atoms with Gasteiger partial charge in [-0.25, -0.2) is 4.98 Å². The minimum atomic E-state index is -4.39. The van der Waals surface area contributed by atoms with Crippen molar-refractivity contribution in [2.75, 3.05) is 16.8 Å². The van der Waals surface area contributed by atoms with Gasteiger partial charge in [0.25, 0.3) is 0 Å². The highest BCUT2D eigenvalue weighted by Gasteiger charge is 2.33. The van der Waals surface area contributed by atoms with Gasteiger partial charge in [0.15, 0.2) is 5.82 Å². The quantitative estimate of drug-likeness (QED) is 0.453. The molecular weight excluding hydrogens is 429 g/mol. The number of hydrogen-bond donors (Lipinski definition) is 1. The summed E-state index contributed by atoms with van der Waals surface area (Å²) in [6.45, 7) is 5.81. The van der Waals surface area contributed by atoms with Gasteiger partial charge in [-0.05, 0) is 43.2 Å². The van der Waals surface area contributed by atoms with Crippen molar-refractivity contribution in [2.45, 2.75) is 39.2 Å². The zero-order chi connectivity index (χ0) is 23.2. The zero-order valence-electron chi connectivity index (χ0n) is 18.3. The fraction of sp³-hybridized carbons (Fsp3) is 0.292. The Kier molecular flexibility index (Phi) is 5.19. The Hall–Kier alpha value is -3.62. The van der Waals surface area contributed by atoms with Crippen molar-refractivity contribution < 1.29 is 13.2 Å². The van der Waals surface area contributed by atoms with Gasteiger partial charge >= 0.3 is 6.18 Å². The third-order valence-corrected chi connectivity index (χ3v) is 6.27. The molecule has 9 heteroatoms. The van der Waals surface area contributed by atoms with Crippen LogP contribution in [0.5, 0.6) is 0 Å². The molecule has 2 aromatic heterocycles. The molecule has 3 heterocycles. The third kappa shape index (κ3) is 3.99. The molecule has 0 amide bonds. The fourth-order valence-corrected chi connectivity index (χ4v) is 4.49. The Morgan fingerprint density at radius 2 is 1.94 bits per heavy atom. The van der Waals surface area contributed by atoms with Crippen LogP contribution in [0.2, 0.25) is 0 Å². The SMILES string of the molecule is Cc1c([C@@H](C)Nc2nncc3ccc(N4CCn5cncc5C4)cc23)cccc1C(F)(F)F. The average molecular weight is 452 g/mol. The van der Waals surface area contributed by atoms with Crippen LogP contribution in [-0.4, -0.2) is 26.3 Å². The number of halogens is 3. The van der Waals surface area contributed by atoms with Crippen LogP contribution in [0.25, 0.3) is 10.8 Å². The number of benzene rings is 2. The maximum atomic E-state index is 13.4. The molecule has 170 valence electrons. The van der Waals surface area contributed by atoms with E-state index in [2.05, 4.69) is 42.1 Å². The summed E-state index contributed by atoms with van der Waals surface area (Å²) in [6.07, 6.45) is 1.03. The Labute approximate surface area is 189 Å². The van der Waals surface area contributed by atoms with Gasteiger partial charge in [0.2, 0.25) is 0 Å². The Morgan fingerprint density at radius 3 is 2.76 bits per heavy atom. The molecule has 2 aromatic carbocycles. The van der Waals surface area contributed by atoms with E-state index in [1.54, 1.807) is 12.3 Å². The van der Waals surface area contributed by atoms with E-state index in [1.165, 1.54) is 13.0 Å². The number of alkyl halides is 3. The van der Waals surface area contributed by atoms with Gasteiger partial charge in [-0.2, -0.15) is 18.3 Å². The molecule has 0 fully saturated rings. The second kappa shape index (κ2) is 8.06. The lowest BCUT2D eigenvalue weighted by Gasteiger charge is -2.30. The molecule has 0 saturated carbocycles. The van der Waals surface area contributed by atoms with Crippen LogP contribution in [0.4, 0.5) is 24.7 Å². The normalized spacial score (nSPS) is 14.9. The predicted molar refractivity (Wildman–Crippen MR) is 121 cm³/mol. The van der Waals surface area contributed by atoms with Crippen LogP contribution >= 0.6 is 0 Å². The summed E-state index contributed by atoms with van der Waals surface area (Å²) in [6, 6.07) is 9.99. The fourth-order valence-electron chi connectivity index (χ4n) is 4.49. The first-order chi connectivity index (χ1) is 15.8. The van der Waals surface area contributed by atoms with Crippen LogP contribution in [0.3, 0.4) is 0 Å². The number of anilines is 2. The monoisotopic (exact) mass is 452 g/mol. The maximum absolute atomic E-state index is 13.4. The minimum absolute atomic E-state index is 0.212. The molecule has 1 aliphatic rings. The topological polar surface area (TPSA) is 58.9 Å². The number of hydrogen-bond acceptors (Lipinski definition) is 5. The molecule has 5 rings (SSSR count). The van der Waals surface area contributed by atoms with Gasteiger partial charge in [-0.15, -0.1) is 5.10 Å². The molecule has 0 saturated heterocycles. The molecule has 0 spiro atoms. The Balaban J connectivity index is 1.46. The first-order valence-corrected chi connectivity index (χ1v) is 10.7. The first kappa shape index (κ1) is 21.2. The van der Waals surface area contributed by atoms with E-state index in [1.807, 2.05) is 25.5 Å². The molecule has 0 aliphatic carbocycles. The highest BCUT2D eigenvalue weighted by molar-refractivity contribution is 5.93. The van der Waals surface area contributed by atoms with Gasteiger partial charge in [-0.1, -0.05) is 18.2 Å². The summed E-state index contributed by atoms with van der Waals surface area (Å²) >= 11 is 0. The number of aromatic nitrogens is 4. The number of imidazole rings is 1. The van der Waals surface area contributed by atoms with Crippen LogP contribution in [-0.2, 0) is 19.3 Å². The largest absolute Gasteiger partial charge is 0.416 e. The Bertz CT molecular complexity index is 1310. The van der Waals surface area contributed by atoms with E-state index >= 15 is 0 Å². The molecule has 0 radical (unpaired) electrons. The minimum Gasteiger partial charge on any atom is -0.364 e. The molecular formula is C24H23F3N6. The van der Waals surface area contributed by atoms with Gasteiger partial charge in [0.05, 0.1) is 36.4 Å². The lowest BCUT2D eigenvalue weighted by Crippen LogP contribution is -2.32. The van der Waals surface area contributed by atoms with Crippen molar-refractivity contribution >= 4 is 22.3 Å². The molecule has 0 bridgehead atoms. The van der Waals surface area contributed by atoms with Gasteiger partial charge in [-0.3, -0.25) is 0 Å². The number of fused-ring (bicyclic) bond motifs is 2. The van der Waals surface area contributed by atoms with Gasteiger partial charge in [0.1, 0.15) is 0 Å². The predicted octanol–water partition coefficient (Wildman–Crippen LogP) is 5.35. The number of nitrogens with zero attached hydrogens (tertiary/aromatic N) is 5. The van der Waals surface area contributed by atoms with Crippen molar-refractivity contribution in [3.63, 3.8) is 0 Å². The van der Waals surface area contributed by atoms with E-state index < -0.39 is 11.7 Å². The molecule has 1 aliphatic heterocycles. The smallest absolute Gasteiger partial charge is 0.364 e. The molecule has 4 aromatic rings. The standard InChI is InChI=1S/C24H23F3N6/c1-15-20(4-3-5-22(15)24(25,26)27)16(2)30-23-21-10-18(7-6-17(21)11-29-31-23)32-8-9-33-14-28-12-19(33)13-32/h3-7,10-12,14,16H,8-9,13H2,1-2H3,(H,30,31)/t16-/m1/s1. The number of rotatable bonds is 4. The summed E-state index contributed by atoms with van der Waals surface area (Å²) in [7, 11) is 0. The summed E-state index contributed by atoms with van der Waals surface area (Å²) in [5.74, 6) is 0.542. The summed E-state index contributed by atoms with van der Waals surface area (Å²) in [4.78, 5) is 6.50. The van der Waals surface area contributed by atoms with Crippen molar-refractivity contribution in [3.8, 4) is 0 Å². The van der Waals surface area contributed by atoms with Crippen LogP contribution in [0.1, 0.15) is 35.3 Å². The van der Waals surface area contributed by atoms with E-state index in [0.29, 0.717) is 11.4 Å². The second-order valence-corrected chi connectivity index (χ2v) is 8.35. The highest BCUT2D eigenvalue weighted by atomic mass is 19.4. The van der Waals surface area contributed by atoms with Crippen LogP contribution < -0.4 is 10.2 Å². The molecule has 1 atom stereocenters. The van der Waals surface area contributed by atoms with E-state index in [-0.39, 0.29) is 11.6 Å². The lowest BCUT2D eigenvalue weighted by molar-refractivity contribution is -0.138. The summed E-state index contributed by atoms with van der Waals surface area (Å²) in [5.41, 5.74) is 2.37. The lowest BCUT2D eigenvalue weighted by atomic mass is 9.97. The summed E-state index contributed by atoms with van der Waals surface area (Å²) < 4.78 is 42.3. The van der Waals surface area contributed by atoms with Gasteiger partial charge < -0.3 is 14.8 Å². The van der Waals surface area contributed by atoms with Crippen molar-refractivity contribution in [1.29, 1.82) is 0 Å². The third-order valence-electron chi connectivity index (χ3n) is 6.27. The Morgan fingerprint density at radius 1 is 1.09 bits per heavy atom. The van der Waals surface area contributed by atoms with Crippen molar-refractivity contribution in [3.05, 3.63) is 77.5 Å². The maximum Gasteiger partial charge on any atom is 0.416 e. The van der Waals surface area contributed by atoms with Crippen molar-refractivity contribution in [1.82, 2.24) is 19.7 Å². The molecule has 1 N–H and O–H groups in total. The van der Waals surface area contributed by atoms with E-state index in [4.69, 9.17) is 0 Å². The van der Waals surface area contributed by atoms with Crippen LogP contribution in [0.15, 0.2) is 55.1 Å². The van der Waals surface area contributed by atoms with Crippen LogP contribution in [0, 0.1) is 6.92 Å². The average Bonchev–Trinajstić information content (AvgIpc) is 3.26. The molecule has 0 unspecified atom stereocenters. The second-order valence-electron chi connectivity index (χ2n) is 8.35. The summed E-state index contributed by atoms with van der Waals surface area (Å²) in [5, 5.41) is 13.4. The highest BCUT2D eigenvalue weighted by Crippen LogP contribution is 2.36.